The van der Waals surface area contributed by atoms with Crippen molar-refractivity contribution < 1.29 is 57.3 Å². The maximum atomic E-state index is 8.58. The van der Waals surface area contributed by atoms with E-state index in [0.717, 1.165) is 0 Å². The summed E-state index contributed by atoms with van der Waals surface area (Å²) < 4.78 is 68.6. The van der Waals surface area contributed by atoms with Crippen LogP contribution in [0, 0.1) is 0 Å². The molecule has 0 amide bonds. The molecule has 0 saturated carbocycles. The van der Waals surface area contributed by atoms with Gasteiger partial charge in [0.2, 0.25) is 0 Å². The summed E-state index contributed by atoms with van der Waals surface area (Å²) in [5.41, 5.74) is 0. The summed E-state index contributed by atoms with van der Waals surface area (Å²) in [5.74, 6) is 0. The van der Waals surface area contributed by atoms with Crippen LogP contribution in [0.5, 0.6) is 0 Å². The molecule has 0 radical (unpaired) electrons. The monoisotopic (exact) mass is 247 g/mol. The molecule has 0 aliphatic rings. The fraction of sp³-hybridized carbons (Fsp3) is 0. The van der Waals surface area contributed by atoms with Gasteiger partial charge in [0.05, 0.1) is 0 Å². The Morgan fingerprint density at radius 2 is 0.636 bits per heavy atom. The molecular weight excluding hydrogens is 247 g/mol. The van der Waals surface area contributed by atoms with E-state index in [0.29, 0.717) is 0 Å². The summed E-state index contributed by atoms with van der Waals surface area (Å²) in [7, 11) is 0. The quantitative estimate of drug-likeness (QED) is 0.400. The summed E-state index contributed by atoms with van der Waals surface area (Å²) in [6.07, 6.45) is 0. The fourth-order valence-corrected chi connectivity index (χ4v) is 0. The van der Waals surface area contributed by atoms with Crippen LogP contribution in [0.4, 0.5) is 0 Å². The second kappa shape index (κ2) is 5.56. The van der Waals surface area contributed by atoms with Gasteiger partial charge in [-0.3, -0.25) is 0 Å². The van der Waals surface area contributed by atoms with Crippen molar-refractivity contribution in [3.63, 3.8) is 0 Å². The first-order valence-electron chi connectivity index (χ1n) is 1.23. The Labute approximate surface area is 67.8 Å². The third-order valence-electron chi connectivity index (χ3n) is 0. The van der Waals surface area contributed by atoms with Crippen LogP contribution in [-0.2, 0) is 48.9 Å². The zero-order chi connectivity index (χ0) is 9.00. The fourth-order valence-electron chi connectivity index (χ4n) is 0. The molecule has 0 spiro atoms. The first-order chi connectivity index (χ1) is 4.00. The molecule has 0 atom stereocenters. The van der Waals surface area contributed by atoms with E-state index in [9.17, 15) is 0 Å². The molecule has 0 heterocycles. The van der Waals surface area contributed by atoms with E-state index in [2.05, 4.69) is 0 Å². The zero-order valence-electron chi connectivity index (χ0n) is 4.73. The molecule has 0 unspecified atom stereocenters. The van der Waals surface area contributed by atoms with E-state index in [1.807, 2.05) is 0 Å². The molecule has 11 heteroatoms. The molecule has 0 bridgehead atoms. The molecule has 0 N–H and O–H groups in total. The molecule has 0 rings (SSSR count). The second-order valence-electron chi connectivity index (χ2n) is 0.756. The van der Waals surface area contributed by atoms with Crippen LogP contribution in [0.15, 0.2) is 0 Å². The Bertz CT molecular complexity index is 296. The van der Waals surface area contributed by atoms with Gasteiger partial charge in [-0.25, -0.2) is 0 Å². The van der Waals surface area contributed by atoms with E-state index < -0.39 is 25.9 Å². The van der Waals surface area contributed by atoms with Crippen LogP contribution < -0.4 is 8.38 Å². The predicted octanol–water partition coefficient (Wildman–Crippen LogP) is -3.48. The van der Waals surface area contributed by atoms with Crippen molar-refractivity contribution in [1.29, 1.82) is 0 Å². The average molecular weight is 247 g/mol. The van der Waals surface area contributed by atoms with Gasteiger partial charge in [-0.15, -0.1) is 0 Å². The van der Waals surface area contributed by atoms with Crippen molar-refractivity contribution in [2.24, 2.45) is 0 Å². The van der Waals surface area contributed by atoms with Crippen LogP contribution in [0.25, 0.3) is 0 Å². The summed E-state index contributed by atoms with van der Waals surface area (Å²) in [6, 6.07) is 0. The van der Waals surface area contributed by atoms with Gasteiger partial charge < -0.3 is 0 Å². The minimum atomic E-state index is -5.62. The Morgan fingerprint density at radius 1 is 0.636 bits per heavy atom. The first kappa shape index (κ1) is 17.1. The SMILES string of the molecule is [Be+2].[O]=[Mn](=[O])(=[O])[O-].[O]=[Mn](=[O])(=[O])[O-]. The Hall–Kier alpha value is -0.0722. The number of hydrogen-bond donors (Lipinski definition) is 0. The van der Waals surface area contributed by atoms with Gasteiger partial charge in [-0.05, 0) is 0 Å². The molecule has 64 valence electrons. The van der Waals surface area contributed by atoms with E-state index in [1.165, 1.54) is 0 Å². The Balaban J connectivity index is -0.000000107. The molecule has 11 heavy (non-hydrogen) atoms. The van der Waals surface area contributed by atoms with E-state index in [-0.39, 0.29) is 10.1 Å². The van der Waals surface area contributed by atoms with Gasteiger partial charge in [0.15, 0.2) is 0 Å². The van der Waals surface area contributed by atoms with Crippen molar-refractivity contribution in [3.8, 4) is 0 Å². The first-order valence-corrected chi connectivity index (χ1v) is 5.09. The third-order valence-corrected chi connectivity index (χ3v) is 0. The van der Waals surface area contributed by atoms with Gasteiger partial charge in [0.1, 0.15) is 0 Å². The van der Waals surface area contributed by atoms with Crippen LogP contribution in [0.2, 0.25) is 0 Å². The Kier molecular flexibility index (Phi) is 8.66. The van der Waals surface area contributed by atoms with Crippen molar-refractivity contribution in [3.05, 3.63) is 0 Å². The number of hydrogen-bond acceptors (Lipinski definition) is 8. The third kappa shape index (κ3) is 120000. The zero-order valence-corrected chi connectivity index (χ0v) is 7.09. The van der Waals surface area contributed by atoms with Crippen LogP contribution in [-0.4, -0.2) is 10.1 Å². The van der Waals surface area contributed by atoms with Crippen molar-refractivity contribution in [2.75, 3.05) is 0 Å². The maximum absolute atomic E-state index is 8.58. The summed E-state index contributed by atoms with van der Waals surface area (Å²) in [5, 5.41) is 0. The van der Waals surface area contributed by atoms with Gasteiger partial charge in [-0.2, -0.15) is 0 Å². The average Bonchev–Trinajstić information content (AvgIpc) is 1.12. The molecule has 0 aromatic carbocycles. The minimum absolute atomic E-state index is 0. The van der Waals surface area contributed by atoms with Crippen molar-refractivity contribution >= 4 is 10.1 Å². The summed E-state index contributed by atoms with van der Waals surface area (Å²) >= 11 is -11.2. The standard InChI is InChI=1S/Be.2Mn.8O/q+2;;;;;;;;;2*-1. The van der Waals surface area contributed by atoms with Gasteiger partial charge >= 0.3 is 67.4 Å². The Morgan fingerprint density at radius 3 is 0.636 bits per heavy atom. The van der Waals surface area contributed by atoms with Crippen LogP contribution in [0.3, 0.4) is 0 Å². The van der Waals surface area contributed by atoms with Gasteiger partial charge in [0.25, 0.3) is 0 Å². The summed E-state index contributed by atoms with van der Waals surface area (Å²) in [4.78, 5) is 0. The van der Waals surface area contributed by atoms with Gasteiger partial charge in [-0.1, -0.05) is 0 Å². The second-order valence-corrected chi connectivity index (χ2v) is 3.12. The van der Waals surface area contributed by atoms with Crippen molar-refractivity contribution in [2.45, 2.75) is 0 Å². The predicted molar refractivity (Wildman–Crippen MR) is 9.87 cm³/mol. The van der Waals surface area contributed by atoms with E-state index in [1.54, 1.807) is 0 Å². The molecule has 0 aliphatic carbocycles. The van der Waals surface area contributed by atoms with Crippen LogP contribution in [0.1, 0.15) is 0 Å². The molecule has 0 fully saturated rings. The van der Waals surface area contributed by atoms with E-state index >= 15 is 0 Å². The molecule has 0 aromatic rings. The molecule has 0 saturated heterocycles. The molecule has 0 aromatic heterocycles. The number of rotatable bonds is 0. The summed E-state index contributed by atoms with van der Waals surface area (Å²) in [6.45, 7) is 0. The van der Waals surface area contributed by atoms with Crippen LogP contribution >= 0.6 is 0 Å². The topological polar surface area (TPSA) is 149 Å². The molecular formula is BeMn2O8. The van der Waals surface area contributed by atoms with Crippen molar-refractivity contribution in [1.82, 2.24) is 0 Å². The van der Waals surface area contributed by atoms with E-state index in [4.69, 9.17) is 31.4 Å². The van der Waals surface area contributed by atoms with Gasteiger partial charge in [0, 0.05) is 0 Å². The molecule has 8 nitrogen and oxygen atoms in total. The molecule has 0 aliphatic heterocycles. The normalized spacial score (nSPS) is 10.4.